The maximum atomic E-state index is 4.51. The van der Waals surface area contributed by atoms with Gasteiger partial charge in [0.2, 0.25) is 0 Å². The van der Waals surface area contributed by atoms with Crippen LogP contribution in [0, 0.1) is 5.92 Å². The van der Waals surface area contributed by atoms with E-state index in [0.717, 1.165) is 0 Å². The third-order valence-corrected chi connectivity index (χ3v) is 4.66. The number of rotatable bonds is 2. The highest BCUT2D eigenvalue weighted by atomic mass is 32.2. The highest BCUT2D eigenvalue weighted by Crippen LogP contribution is 2.48. The second-order valence-corrected chi connectivity index (χ2v) is 5.93. The van der Waals surface area contributed by atoms with E-state index in [9.17, 15) is 0 Å². The second-order valence-electron chi connectivity index (χ2n) is 4.70. The lowest BCUT2D eigenvalue weighted by Gasteiger charge is -2.33. The summed E-state index contributed by atoms with van der Waals surface area (Å²) in [5, 5.41) is 1.89. The zero-order chi connectivity index (χ0) is 11.7. The lowest BCUT2D eigenvalue weighted by molar-refractivity contribution is 0.249. The smallest absolute Gasteiger partial charge is 0.0996 e. The first kappa shape index (κ1) is 11.9. The van der Waals surface area contributed by atoms with Gasteiger partial charge in [-0.1, -0.05) is 12.2 Å². The Balaban J connectivity index is 2.27. The van der Waals surface area contributed by atoms with Crippen molar-refractivity contribution in [3.63, 3.8) is 0 Å². The molecule has 0 radical (unpaired) electrons. The minimum atomic E-state index is 0.678. The number of allylic oxidation sites excluding steroid dienone is 2. The fourth-order valence-corrected chi connectivity index (χ4v) is 4.27. The first-order valence-electron chi connectivity index (χ1n) is 5.87. The quantitative estimate of drug-likeness (QED) is 0.685. The normalized spacial score (nSPS) is 31.2. The molecule has 3 heteroatoms. The predicted octanol–water partition coefficient (Wildman–Crippen LogP) is 2.93. The Morgan fingerprint density at radius 3 is 3.00 bits per heavy atom. The Morgan fingerprint density at radius 2 is 2.38 bits per heavy atom. The Kier molecular flexibility index (Phi) is 3.55. The van der Waals surface area contributed by atoms with E-state index >= 15 is 0 Å². The van der Waals surface area contributed by atoms with Crippen LogP contribution in [-0.4, -0.2) is 36.5 Å². The van der Waals surface area contributed by atoms with Crippen LogP contribution in [0.3, 0.4) is 0 Å². The lowest BCUT2D eigenvalue weighted by atomic mass is 9.86. The van der Waals surface area contributed by atoms with E-state index in [2.05, 4.69) is 30.4 Å². The number of fused-ring (bicyclic) bond motifs is 1. The molecule has 0 aromatic rings. The van der Waals surface area contributed by atoms with E-state index in [-0.39, 0.29) is 0 Å². The van der Waals surface area contributed by atoms with Gasteiger partial charge >= 0.3 is 0 Å². The maximum Gasteiger partial charge on any atom is 0.0996 e. The third kappa shape index (κ3) is 2.11. The van der Waals surface area contributed by atoms with Crippen LogP contribution in [0.15, 0.2) is 27.7 Å². The molecule has 0 bridgehead atoms. The summed E-state index contributed by atoms with van der Waals surface area (Å²) in [6, 6.07) is 0. The Morgan fingerprint density at radius 1 is 1.62 bits per heavy atom. The van der Waals surface area contributed by atoms with Gasteiger partial charge in [0.1, 0.15) is 0 Å². The van der Waals surface area contributed by atoms with Crippen molar-refractivity contribution in [3.05, 3.63) is 22.8 Å². The molecule has 0 aromatic heterocycles. The minimum absolute atomic E-state index is 0.678. The molecule has 2 heterocycles. The summed E-state index contributed by atoms with van der Waals surface area (Å²) in [6.45, 7) is 10.6. The molecule has 0 saturated carbocycles. The monoisotopic (exact) mass is 236 g/mol. The van der Waals surface area contributed by atoms with Crippen molar-refractivity contribution in [2.24, 2.45) is 10.9 Å². The van der Waals surface area contributed by atoms with Crippen LogP contribution in [0.4, 0.5) is 0 Å². The summed E-state index contributed by atoms with van der Waals surface area (Å²) in [5.41, 5.74) is 2.62. The molecule has 88 valence electrons. The molecule has 0 spiro atoms. The van der Waals surface area contributed by atoms with Crippen molar-refractivity contribution < 1.29 is 0 Å². The molecule has 2 rings (SSSR count). The van der Waals surface area contributed by atoms with Crippen LogP contribution in [0.2, 0.25) is 0 Å². The summed E-state index contributed by atoms with van der Waals surface area (Å²) in [7, 11) is 2.21. The standard InChI is InChI=1S/C13H20N2S/c1-5-14-13-12(9(2)3)10-6-7-15(4)8-11(10)16-13/h5,10-11H,2,6-8H2,1,3-4H3/b14-5-. The van der Waals surface area contributed by atoms with Gasteiger partial charge in [-0.2, -0.15) is 0 Å². The number of nitrogens with zero attached hydrogens (tertiary/aromatic N) is 2. The van der Waals surface area contributed by atoms with E-state index in [1.807, 2.05) is 24.9 Å². The van der Waals surface area contributed by atoms with Gasteiger partial charge in [-0.15, -0.1) is 11.8 Å². The van der Waals surface area contributed by atoms with E-state index in [4.69, 9.17) is 0 Å². The number of hydrogen-bond acceptors (Lipinski definition) is 3. The number of thioether (sulfide) groups is 1. The fraction of sp³-hybridized carbons (Fsp3) is 0.615. The van der Waals surface area contributed by atoms with Crippen LogP contribution in [0.1, 0.15) is 20.3 Å². The van der Waals surface area contributed by atoms with Crippen molar-refractivity contribution in [1.29, 1.82) is 0 Å². The molecule has 1 fully saturated rings. The SMILES string of the molecule is C=C(C)C1=C(/N=C\C)SC2CN(C)CCC12. The molecule has 2 aliphatic rings. The number of hydrogen-bond donors (Lipinski definition) is 0. The molecule has 2 aliphatic heterocycles. The Bertz CT molecular complexity index is 357. The van der Waals surface area contributed by atoms with Crippen molar-refractivity contribution in [3.8, 4) is 0 Å². The summed E-state index contributed by atoms with van der Waals surface area (Å²) in [6.07, 6.45) is 3.14. The molecule has 0 amide bonds. The third-order valence-electron chi connectivity index (χ3n) is 3.33. The molecule has 1 saturated heterocycles. The molecule has 0 aromatic carbocycles. The molecule has 0 aliphatic carbocycles. The van der Waals surface area contributed by atoms with Gasteiger partial charge in [0.05, 0.1) is 5.03 Å². The fourth-order valence-electron chi connectivity index (χ4n) is 2.60. The van der Waals surface area contributed by atoms with E-state index < -0.39 is 0 Å². The summed E-state index contributed by atoms with van der Waals surface area (Å²) in [5.74, 6) is 0.678. The van der Waals surface area contributed by atoms with Crippen molar-refractivity contribution in [2.45, 2.75) is 25.5 Å². The molecule has 2 nitrogen and oxygen atoms in total. The average molecular weight is 236 g/mol. The van der Waals surface area contributed by atoms with Gasteiger partial charge in [-0.05, 0) is 39.4 Å². The molecule has 2 unspecified atom stereocenters. The van der Waals surface area contributed by atoms with Crippen LogP contribution in [0.5, 0.6) is 0 Å². The lowest BCUT2D eigenvalue weighted by Crippen LogP contribution is -2.38. The molecule has 0 N–H and O–H groups in total. The predicted molar refractivity (Wildman–Crippen MR) is 73.0 cm³/mol. The first-order chi connectivity index (χ1) is 7.63. The number of aliphatic imine (C=N–C) groups is 1. The van der Waals surface area contributed by atoms with Crippen LogP contribution in [-0.2, 0) is 0 Å². The van der Waals surface area contributed by atoms with E-state index in [1.165, 1.54) is 35.7 Å². The zero-order valence-corrected chi connectivity index (χ0v) is 11.2. The molecular weight excluding hydrogens is 216 g/mol. The van der Waals surface area contributed by atoms with Crippen LogP contribution < -0.4 is 0 Å². The Labute approximate surface area is 103 Å². The first-order valence-corrected chi connectivity index (χ1v) is 6.75. The van der Waals surface area contributed by atoms with E-state index in [1.54, 1.807) is 0 Å². The van der Waals surface area contributed by atoms with Crippen molar-refractivity contribution in [1.82, 2.24) is 4.90 Å². The van der Waals surface area contributed by atoms with Gasteiger partial charge in [-0.3, -0.25) is 4.99 Å². The van der Waals surface area contributed by atoms with Crippen LogP contribution in [0.25, 0.3) is 0 Å². The topological polar surface area (TPSA) is 15.6 Å². The van der Waals surface area contributed by atoms with Gasteiger partial charge in [-0.25, -0.2) is 0 Å². The molecule has 16 heavy (non-hydrogen) atoms. The van der Waals surface area contributed by atoms with Gasteiger partial charge < -0.3 is 4.90 Å². The van der Waals surface area contributed by atoms with E-state index in [0.29, 0.717) is 11.2 Å². The van der Waals surface area contributed by atoms with Crippen LogP contribution >= 0.6 is 11.8 Å². The summed E-state index contributed by atoms with van der Waals surface area (Å²) in [4.78, 5) is 6.93. The largest absolute Gasteiger partial charge is 0.305 e. The highest BCUT2D eigenvalue weighted by Gasteiger charge is 2.38. The van der Waals surface area contributed by atoms with Gasteiger partial charge in [0, 0.05) is 23.9 Å². The maximum absolute atomic E-state index is 4.51. The van der Waals surface area contributed by atoms with Gasteiger partial charge in [0.15, 0.2) is 0 Å². The summed E-state index contributed by atoms with van der Waals surface area (Å²) >= 11 is 1.94. The number of likely N-dealkylation sites (tertiary alicyclic amines) is 1. The minimum Gasteiger partial charge on any atom is -0.305 e. The van der Waals surface area contributed by atoms with Gasteiger partial charge in [0.25, 0.3) is 0 Å². The molecular formula is C13H20N2S. The average Bonchev–Trinajstić information content (AvgIpc) is 2.55. The zero-order valence-electron chi connectivity index (χ0n) is 10.4. The second kappa shape index (κ2) is 4.76. The summed E-state index contributed by atoms with van der Waals surface area (Å²) < 4.78 is 0. The number of piperidine rings is 1. The molecule has 2 atom stereocenters. The van der Waals surface area contributed by atoms with Crippen molar-refractivity contribution in [2.75, 3.05) is 20.1 Å². The van der Waals surface area contributed by atoms with Crippen molar-refractivity contribution >= 4 is 18.0 Å². The highest BCUT2D eigenvalue weighted by molar-refractivity contribution is 8.04. The Hall–Kier alpha value is -0.540.